The van der Waals surface area contributed by atoms with Crippen molar-refractivity contribution in [3.63, 3.8) is 0 Å². The molecule has 0 spiro atoms. The molecular formula is C17H24N6. The van der Waals surface area contributed by atoms with Crippen LogP contribution in [0.25, 0.3) is 0 Å². The molecule has 0 saturated carbocycles. The number of anilines is 1. The molecule has 2 aliphatic rings. The van der Waals surface area contributed by atoms with Gasteiger partial charge in [-0.05, 0) is 18.2 Å². The molecule has 23 heavy (non-hydrogen) atoms. The Kier molecular flexibility index (Phi) is 4.26. The third-order valence-corrected chi connectivity index (χ3v) is 4.95. The monoisotopic (exact) mass is 312 g/mol. The highest BCUT2D eigenvalue weighted by Crippen LogP contribution is 2.19. The number of rotatable bonds is 5. The van der Waals surface area contributed by atoms with Crippen LogP contribution < -0.4 is 4.90 Å². The van der Waals surface area contributed by atoms with Crippen molar-refractivity contribution in [2.75, 3.05) is 50.7 Å². The van der Waals surface area contributed by atoms with E-state index in [9.17, 15) is 0 Å². The molecule has 0 amide bonds. The molecule has 0 radical (unpaired) electrons. The fourth-order valence-electron chi connectivity index (χ4n) is 3.49. The largest absolute Gasteiger partial charge is 0.354 e. The summed E-state index contributed by atoms with van der Waals surface area (Å²) in [5.74, 6) is 1.11. The zero-order chi connectivity index (χ0) is 15.5. The molecule has 122 valence electrons. The summed E-state index contributed by atoms with van der Waals surface area (Å²) in [6.07, 6.45) is 5.76. The lowest BCUT2D eigenvalue weighted by Crippen LogP contribution is -2.63. The summed E-state index contributed by atoms with van der Waals surface area (Å²) in [7, 11) is 0. The number of hydrogen-bond acceptors (Lipinski definition) is 5. The molecule has 0 aromatic carbocycles. The van der Waals surface area contributed by atoms with Crippen molar-refractivity contribution < 1.29 is 0 Å². The molecule has 0 unspecified atom stereocenters. The van der Waals surface area contributed by atoms with Gasteiger partial charge in [-0.3, -0.25) is 14.5 Å². The van der Waals surface area contributed by atoms with Gasteiger partial charge in [-0.1, -0.05) is 6.07 Å². The Labute approximate surface area is 137 Å². The first kappa shape index (κ1) is 14.7. The van der Waals surface area contributed by atoms with E-state index in [1.165, 1.54) is 13.1 Å². The molecule has 4 heterocycles. The number of nitrogens with zero attached hydrogens (tertiary/aromatic N) is 6. The van der Waals surface area contributed by atoms with Gasteiger partial charge < -0.3 is 4.90 Å². The third-order valence-electron chi connectivity index (χ3n) is 4.95. The maximum atomic E-state index is 4.46. The minimum atomic E-state index is 0.735. The topological polar surface area (TPSA) is 40.4 Å². The van der Waals surface area contributed by atoms with Gasteiger partial charge >= 0.3 is 0 Å². The summed E-state index contributed by atoms with van der Waals surface area (Å²) in [6, 6.07) is 8.87. The van der Waals surface area contributed by atoms with Crippen molar-refractivity contribution >= 4 is 5.82 Å². The highest BCUT2D eigenvalue weighted by molar-refractivity contribution is 5.38. The maximum absolute atomic E-state index is 4.46. The Balaban J connectivity index is 1.19. The molecule has 2 aromatic rings. The summed E-state index contributed by atoms with van der Waals surface area (Å²) >= 11 is 0. The summed E-state index contributed by atoms with van der Waals surface area (Å²) in [6.45, 7) is 8.96. The number of likely N-dealkylation sites (tertiary alicyclic amines) is 1. The van der Waals surface area contributed by atoms with Gasteiger partial charge in [0.1, 0.15) is 5.82 Å². The van der Waals surface area contributed by atoms with Gasteiger partial charge in [0.05, 0.1) is 6.54 Å². The van der Waals surface area contributed by atoms with E-state index in [1.54, 1.807) is 0 Å². The van der Waals surface area contributed by atoms with E-state index in [4.69, 9.17) is 0 Å². The number of aromatic nitrogens is 3. The van der Waals surface area contributed by atoms with Crippen LogP contribution in [-0.2, 0) is 6.54 Å². The Morgan fingerprint density at radius 3 is 2.52 bits per heavy atom. The Bertz CT molecular complexity index is 585. The van der Waals surface area contributed by atoms with Crippen LogP contribution in [0, 0.1) is 0 Å². The Morgan fingerprint density at radius 2 is 1.83 bits per heavy atom. The predicted molar refractivity (Wildman–Crippen MR) is 90.5 cm³/mol. The van der Waals surface area contributed by atoms with Crippen LogP contribution in [0.3, 0.4) is 0 Å². The van der Waals surface area contributed by atoms with E-state index < -0.39 is 0 Å². The Hall–Kier alpha value is -1.92. The average Bonchev–Trinajstić information content (AvgIpc) is 3.08. The maximum Gasteiger partial charge on any atom is 0.128 e. The van der Waals surface area contributed by atoms with E-state index in [0.717, 1.165) is 51.1 Å². The van der Waals surface area contributed by atoms with Crippen molar-refractivity contribution in [1.29, 1.82) is 0 Å². The van der Waals surface area contributed by atoms with E-state index in [0.29, 0.717) is 0 Å². The van der Waals surface area contributed by atoms with Crippen LogP contribution in [0.2, 0.25) is 0 Å². The van der Waals surface area contributed by atoms with Gasteiger partial charge in [0.25, 0.3) is 0 Å². The Morgan fingerprint density at radius 1 is 0.957 bits per heavy atom. The predicted octanol–water partition coefficient (Wildman–Crippen LogP) is 0.784. The standard InChI is InChI=1S/C17H24N6/c1-2-5-18-17(4-1)22-11-9-21(10-12-22)16-14-20(15-16)8-13-23-7-3-6-19-23/h1-7,16H,8-15H2. The lowest BCUT2D eigenvalue weighted by Gasteiger charge is -2.48. The van der Waals surface area contributed by atoms with E-state index in [-0.39, 0.29) is 0 Å². The van der Waals surface area contributed by atoms with Gasteiger partial charge in [0.2, 0.25) is 0 Å². The number of piperazine rings is 1. The van der Waals surface area contributed by atoms with Gasteiger partial charge in [0.15, 0.2) is 0 Å². The second kappa shape index (κ2) is 6.68. The van der Waals surface area contributed by atoms with Crippen molar-refractivity contribution in [1.82, 2.24) is 24.6 Å². The molecule has 2 aromatic heterocycles. The van der Waals surface area contributed by atoms with Crippen molar-refractivity contribution in [3.05, 3.63) is 42.9 Å². The summed E-state index contributed by atoms with van der Waals surface area (Å²) < 4.78 is 2.01. The van der Waals surface area contributed by atoms with Crippen LogP contribution >= 0.6 is 0 Å². The van der Waals surface area contributed by atoms with E-state index in [2.05, 4.69) is 36.9 Å². The van der Waals surface area contributed by atoms with Gasteiger partial charge in [-0.25, -0.2) is 4.98 Å². The third kappa shape index (κ3) is 3.38. The van der Waals surface area contributed by atoms with Crippen LogP contribution in [-0.4, -0.2) is 76.4 Å². The SMILES string of the molecule is c1ccc(N2CCN(C3CN(CCn4cccn4)C3)CC2)nc1. The normalized spacial score (nSPS) is 20.6. The molecule has 0 aliphatic carbocycles. The highest BCUT2D eigenvalue weighted by atomic mass is 15.4. The second-order valence-electron chi connectivity index (χ2n) is 6.39. The molecule has 0 atom stereocenters. The first-order valence-corrected chi connectivity index (χ1v) is 8.48. The first-order chi connectivity index (χ1) is 11.4. The summed E-state index contributed by atoms with van der Waals surface area (Å²) in [5, 5.41) is 4.26. The number of pyridine rings is 1. The van der Waals surface area contributed by atoms with Gasteiger partial charge in [-0.2, -0.15) is 5.10 Å². The summed E-state index contributed by atoms with van der Waals surface area (Å²) in [4.78, 5) is 12.0. The smallest absolute Gasteiger partial charge is 0.128 e. The molecule has 2 saturated heterocycles. The summed E-state index contributed by atoms with van der Waals surface area (Å²) in [5.41, 5.74) is 0. The molecule has 4 rings (SSSR count). The molecular weight excluding hydrogens is 288 g/mol. The molecule has 0 bridgehead atoms. The number of hydrogen-bond donors (Lipinski definition) is 0. The first-order valence-electron chi connectivity index (χ1n) is 8.48. The van der Waals surface area contributed by atoms with E-state index in [1.807, 2.05) is 35.4 Å². The molecule has 6 heteroatoms. The highest BCUT2D eigenvalue weighted by Gasteiger charge is 2.33. The van der Waals surface area contributed by atoms with Gasteiger partial charge in [-0.15, -0.1) is 0 Å². The fraction of sp³-hybridized carbons (Fsp3) is 0.529. The quantitative estimate of drug-likeness (QED) is 0.816. The van der Waals surface area contributed by atoms with Crippen molar-refractivity contribution in [2.45, 2.75) is 12.6 Å². The van der Waals surface area contributed by atoms with Crippen molar-refractivity contribution in [2.24, 2.45) is 0 Å². The van der Waals surface area contributed by atoms with Gasteiger partial charge in [0, 0.05) is 70.4 Å². The minimum Gasteiger partial charge on any atom is -0.354 e. The molecule has 2 fully saturated rings. The minimum absolute atomic E-state index is 0.735. The van der Waals surface area contributed by atoms with Crippen LogP contribution in [0.5, 0.6) is 0 Å². The molecule has 0 N–H and O–H groups in total. The molecule has 2 aliphatic heterocycles. The zero-order valence-electron chi connectivity index (χ0n) is 13.5. The van der Waals surface area contributed by atoms with E-state index >= 15 is 0 Å². The lowest BCUT2D eigenvalue weighted by atomic mass is 10.1. The zero-order valence-corrected chi connectivity index (χ0v) is 13.5. The van der Waals surface area contributed by atoms with Crippen LogP contribution in [0.15, 0.2) is 42.9 Å². The lowest BCUT2D eigenvalue weighted by molar-refractivity contribution is 0.0282. The second-order valence-corrected chi connectivity index (χ2v) is 6.39. The fourth-order valence-corrected chi connectivity index (χ4v) is 3.49. The average molecular weight is 312 g/mol. The van der Waals surface area contributed by atoms with Crippen molar-refractivity contribution in [3.8, 4) is 0 Å². The van der Waals surface area contributed by atoms with Crippen LogP contribution in [0.4, 0.5) is 5.82 Å². The van der Waals surface area contributed by atoms with Crippen LogP contribution in [0.1, 0.15) is 0 Å². The molecule has 6 nitrogen and oxygen atoms in total.